The third-order valence-electron chi connectivity index (χ3n) is 5.10. The van der Waals surface area contributed by atoms with Crippen LogP contribution in [0.2, 0.25) is 0 Å². The SMILES string of the molecule is CN=C(NCc1ccc([N+](=O)[O-])cc1)NC1CC(C)N(Cc2ccccc2)C1.I. The molecular formula is C21H28IN5O2. The topological polar surface area (TPSA) is 82.8 Å². The maximum Gasteiger partial charge on any atom is 0.269 e. The number of non-ortho nitro benzene ring substituents is 1. The average molecular weight is 509 g/mol. The van der Waals surface area contributed by atoms with E-state index in [-0.39, 0.29) is 34.6 Å². The van der Waals surface area contributed by atoms with Gasteiger partial charge in [0.15, 0.2) is 5.96 Å². The molecule has 1 heterocycles. The molecule has 2 aromatic carbocycles. The molecule has 1 aliphatic heterocycles. The molecule has 0 bridgehead atoms. The van der Waals surface area contributed by atoms with E-state index in [1.165, 1.54) is 17.7 Å². The van der Waals surface area contributed by atoms with Crippen LogP contribution in [0.15, 0.2) is 59.6 Å². The van der Waals surface area contributed by atoms with Crippen molar-refractivity contribution >= 4 is 35.6 Å². The van der Waals surface area contributed by atoms with Crippen molar-refractivity contribution in [2.75, 3.05) is 13.6 Å². The van der Waals surface area contributed by atoms with Gasteiger partial charge < -0.3 is 10.6 Å². The van der Waals surface area contributed by atoms with Crippen molar-refractivity contribution in [3.05, 3.63) is 75.8 Å². The fourth-order valence-electron chi connectivity index (χ4n) is 3.55. The Morgan fingerprint density at radius 1 is 1.17 bits per heavy atom. The summed E-state index contributed by atoms with van der Waals surface area (Å²) in [6.45, 7) is 4.74. The van der Waals surface area contributed by atoms with Gasteiger partial charge >= 0.3 is 0 Å². The second-order valence-corrected chi connectivity index (χ2v) is 7.19. The molecule has 8 heteroatoms. The molecule has 29 heavy (non-hydrogen) atoms. The zero-order valence-corrected chi connectivity index (χ0v) is 19.1. The average Bonchev–Trinajstić information content (AvgIpc) is 3.05. The van der Waals surface area contributed by atoms with Gasteiger partial charge in [-0.3, -0.25) is 20.0 Å². The first-order valence-electron chi connectivity index (χ1n) is 9.53. The van der Waals surface area contributed by atoms with Gasteiger partial charge in [-0.25, -0.2) is 0 Å². The predicted octanol–water partition coefficient (Wildman–Crippen LogP) is 3.54. The molecule has 1 fully saturated rings. The number of guanidine groups is 1. The third kappa shape index (κ3) is 6.67. The second kappa shape index (κ2) is 11.1. The van der Waals surface area contributed by atoms with Crippen LogP contribution in [-0.4, -0.2) is 41.5 Å². The van der Waals surface area contributed by atoms with Crippen LogP contribution < -0.4 is 10.6 Å². The number of hydrogen-bond acceptors (Lipinski definition) is 4. The molecule has 1 aliphatic rings. The van der Waals surface area contributed by atoms with Crippen molar-refractivity contribution < 1.29 is 4.92 Å². The Morgan fingerprint density at radius 2 is 1.86 bits per heavy atom. The smallest absolute Gasteiger partial charge is 0.269 e. The summed E-state index contributed by atoms with van der Waals surface area (Å²) in [5.74, 6) is 0.747. The van der Waals surface area contributed by atoms with Gasteiger partial charge in [0.25, 0.3) is 5.69 Å². The first kappa shape index (κ1) is 23.1. The van der Waals surface area contributed by atoms with Crippen molar-refractivity contribution in [1.29, 1.82) is 0 Å². The minimum atomic E-state index is -0.389. The van der Waals surface area contributed by atoms with Gasteiger partial charge in [-0.05, 0) is 24.5 Å². The molecule has 3 rings (SSSR count). The number of aliphatic imine (C=N–C) groups is 1. The van der Waals surface area contributed by atoms with E-state index < -0.39 is 0 Å². The molecule has 0 aromatic heterocycles. The first-order valence-corrected chi connectivity index (χ1v) is 9.53. The Kier molecular flexibility index (Phi) is 8.84. The Morgan fingerprint density at radius 3 is 2.48 bits per heavy atom. The summed E-state index contributed by atoms with van der Waals surface area (Å²) in [4.78, 5) is 17.2. The summed E-state index contributed by atoms with van der Waals surface area (Å²) < 4.78 is 0. The zero-order chi connectivity index (χ0) is 19.9. The van der Waals surface area contributed by atoms with E-state index in [1.54, 1.807) is 19.2 Å². The summed E-state index contributed by atoms with van der Waals surface area (Å²) in [5.41, 5.74) is 2.40. The minimum Gasteiger partial charge on any atom is -0.352 e. The van der Waals surface area contributed by atoms with E-state index in [9.17, 15) is 10.1 Å². The van der Waals surface area contributed by atoms with Crippen LogP contribution >= 0.6 is 24.0 Å². The fraction of sp³-hybridized carbons (Fsp3) is 0.381. The predicted molar refractivity (Wildman–Crippen MR) is 127 cm³/mol. The lowest BCUT2D eigenvalue weighted by molar-refractivity contribution is -0.384. The van der Waals surface area contributed by atoms with Crippen molar-refractivity contribution in [2.24, 2.45) is 4.99 Å². The molecule has 1 saturated heterocycles. The molecule has 156 valence electrons. The molecule has 2 atom stereocenters. The van der Waals surface area contributed by atoms with Gasteiger partial charge in [-0.15, -0.1) is 24.0 Å². The maximum absolute atomic E-state index is 10.7. The second-order valence-electron chi connectivity index (χ2n) is 7.19. The molecule has 7 nitrogen and oxygen atoms in total. The maximum atomic E-state index is 10.7. The minimum absolute atomic E-state index is 0. The largest absolute Gasteiger partial charge is 0.352 e. The van der Waals surface area contributed by atoms with E-state index in [1.807, 2.05) is 6.07 Å². The summed E-state index contributed by atoms with van der Waals surface area (Å²) in [6, 6.07) is 17.9. The van der Waals surface area contributed by atoms with Gasteiger partial charge in [0, 0.05) is 50.9 Å². The molecule has 2 aromatic rings. The van der Waals surface area contributed by atoms with E-state index >= 15 is 0 Å². The number of rotatable bonds is 6. The molecular weight excluding hydrogens is 481 g/mol. The van der Waals surface area contributed by atoms with Gasteiger partial charge in [-0.1, -0.05) is 42.5 Å². The van der Waals surface area contributed by atoms with Crippen LogP contribution in [0.5, 0.6) is 0 Å². The highest BCUT2D eigenvalue weighted by molar-refractivity contribution is 14.0. The van der Waals surface area contributed by atoms with Gasteiger partial charge in [0.1, 0.15) is 0 Å². The number of hydrogen-bond donors (Lipinski definition) is 2. The number of benzene rings is 2. The van der Waals surface area contributed by atoms with Crippen LogP contribution in [0.4, 0.5) is 5.69 Å². The molecule has 0 radical (unpaired) electrons. The van der Waals surface area contributed by atoms with Crippen LogP contribution in [0.25, 0.3) is 0 Å². The van der Waals surface area contributed by atoms with Crippen molar-refractivity contribution in [3.63, 3.8) is 0 Å². The quantitative estimate of drug-likeness (QED) is 0.205. The fourth-order valence-corrected chi connectivity index (χ4v) is 3.55. The lowest BCUT2D eigenvalue weighted by Gasteiger charge is -2.21. The first-order chi connectivity index (χ1) is 13.5. The Balaban J connectivity index is 0.00000300. The van der Waals surface area contributed by atoms with E-state index in [0.717, 1.165) is 31.0 Å². The van der Waals surface area contributed by atoms with Crippen LogP contribution in [0.1, 0.15) is 24.5 Å². The summed E-state index contributed by atoms with van der Waals surface area (Å²) in [5, 5.41) is 17.5. The third-order valence-corrected chi connectivity index (χ3v) is 5.10. The van der Waals surface area contributed by atoms with E-state index in [0.29, 0.717) is 18.6 Å². The molecule has 2 unspecified atom stereocenters. The number of likely N-dealkylation sites (tertiary alicyclic amines) is 1. The summed E-state index contributed by atoms with van der Waals surface area (Å²) in [6.07, 6.45) is 1.06. The number of nitrogens with one attached hydrogen (secondary N) is 2. The lowest BCUT2D eigenvalue weighted by Crippen LogP contribution is -2.44. The normalized spacial score (nSPS) is 19.4. The standard InChI is InChI=1S/C21H27N5O2.HI/c1-16-12-19(15-25(16)14-18-6-4-3-5-7-18)24-21(22-2)23-13-17-8-10-20(11-9-17)26(27)28;/h3-11,16,19H,12-15H2,1-2H3,(H2,22,23,24);1H. The van der Waals surface area contributed by atoms with Crippen molar-refractivity contribution in [2.45, 2.75) is 38.5 Å². The van der Waals surface area contributed by atoms with Gasteiger partial charge in [0.2, 0.25) is 0 Å². The molecule has 0 amide bonds. The van der Waals surface area contributed by atoms with Crippen LogP contribution in [0, 0.1) is 10.1 Å². The van der Waals surface area contributed by atoms with E-state index in [2.05, 4.69) is 51.7 Å². The lowest BCUT2D eigenvalue weighted by atomic mass is 10.2. The van der Waals surface area contributed by atoms with Crippen LogP contribution in [-0.2, 0) is 13.1 Å². The van der Waals surface area contributed by atoms with Crippen molar-refractivity contribution in [3.8, 4) is 0 Å². The summed E-state index contributed by atoms with van der Waals surface area (Å²) in [7, 11) is 1.76. The molecule has 2 N–H and O–H groups in total. The highest BCUT2D eigenvalue weighted by Crippen LogP contribution is 2.20. The van der Waals surface area contributed by atoms with E-state index in [4.69, 9.17) is 0 Å². The summed E-state index contributed by atoms with van der Waals surface area (Å²) >= 11 is 0. The molecule has 0 saturated carbocycles. The number of halogens is 1. The molecule has 0 aliphatic carbocycles. The Hall–Kier alpha value is -2.20. The highest BCUT2D eigenvalue weighted by Gasteiger charge is 2.29. The van der Waals surface area contributed by atoms with Crippen molar-refractivity contribution in [1.82, 2.24) is 15.5 Å². The monoisotopic (exact) mass is 509 g/mol. The highest BCUT2D eigenvalue weighted by atomic mass is 127. The number of nitro benzene ring substituents is 1. The van der Waals surface area contributed by atoms with Crippen LogP contribution in [0.3, 0.4) is 0 Å². The van der Waals surface area contributed by atoms with Gasteiger partial charge in [0.05, 0.1) is 4.92 Å². The molecule has 0 spiro atoms. The zero-order valence-electron chi connectivity index (χ0n) is 16.7. The van der Waals surface area contributed by atoms with Gasteiger partial charge in [-0.2, -0.15) is 0 Å². The number of nitrogens with zero attached hydrogens (tertiary/aromatic N) is 3. The Bertz CT molecular complexity index is 814. The Labute approximate surface area is 188 Å². The number of nitro groups is 1.